The lowest BCUT2D eigenvalue weighted by molar-refractivity contribution is 0.281. The van der Waals surface area contributed by atoms with Gasteiger partial charge in [-0.25, -0.2) is 0 Å². The first-order valence-corrected chi connectivity index (χ1v) is 4.29. The van der Waals surface area contributed by atoms with Gasteiger partial charge in [0, 0.05) is 6.04 Å². The van der Waals surface area contributed by atoms with Crippen molar-refractivity contribution < 1.29 is 5.11 Å². The fourth-order valence-corrected chi connectivity index (χ4v) is 1.80. The Kier molecular flexibility index (Phi) is 1.87. The van der Waals surface area contributed by atoms with Crippen molar-refractivity contribution in [2.45, 2.75) is 25.5 Å². The second-order valence-electron chi connectivity index (χ2n) is 3.34. The Labute approximate surface area is 72.0 Å². The maximum atomic E-state index is 8.90. The molecule has 1 aromatic rings. The van der Waals surface area contributed by atoms with Gasteiger partial charge in [-0.3, -0.25) is 0 Å². The van der Waals surface area contributed by atoms with Crippen LogP contribution in [0.15, 0.2) is 18.2 Å². The smallest absolute Gasteiger partial charge is 0.0681 e. The van der Waals surface area contributed by atoms with Gasteiger partial charge < -0.3 is 10.8 Å². The average molecular weight is 163 g/mol. The van der Waals surface area contributed by atoms with Gasteiger partial charge in [0.2, 0.25) is 0 Å². The molecule has 0 unspecified atom stereocenters. The molecule has 0 bridgehead atoms. The lowest BCUT2D eigenvalue weighted by atomic mass is 10.1. The van der Waals surface area contributed by atoms with E-state index in [0.29, 0.717) is 0 Å². The molecule has 1 aromatic carbocycles. The third-order valence-corrected chi connectivity index (χ3v) is 2.51. The molecule has 1 atom stereocenters. The second-order valence-corrected chi connectivity index (χ2v) is 3.34. The molecule has 0 fully saturated rings. The van der Waals surface area contributed by atoms with Crippen molar-refractivity contribution in [3.63, 3.8) is 0 Å². The van der Waals surface area contributed by atoms with Crippen LogP contribution < -0.4 is 5.73 Å². The van der Waals surface area contributed by atoms with Gasteiger partial charge in [0.25, 0.3) is 0 Å². The number of aliphatic hydroxyl groups excluding tert-OH is 1. The van der Waals surface area contributed by atoms with Crippen LogP contribution in [0.4, 0.5) is 0 Å². The molecule has 3 N–H and O–H groups in total. The topological polar surface area (TPSA) is 46.2 Å². The highest BCUT2D eigenvalue weighted by molar-refractivity contribution is 5.37. The zero-order valence-corrected chi connectivity index (χ0v) is 6.96. The number of nitrogens with two attached hydrogens (primary N) is 1. The Morgan fingerprint density at radius 2 is 2.33 bits per heavy atom. The highest BCUT2D eigenvalue weighted by Gasteiger charge is 2.18. The molecule has 0 radical (unpaired) electrons. The molecular formula is C10H13NO. The van der Waals surface area contributed by atoms with Gasteiger partial charge in [-0.15, -0.1) is 0 Å². The van der Waals surface area contributed by atoms with E-state index in [2.05, 4.69) is 6.07 Å². The molecule has 0 aliphatic heterocycles. The maximum absolute atomic E-state index is 8.90. The van der Waals surface area contributed by atoms with Crippen LogP contribution in [0, 0.1) is 0 Å². The zero-order valence-electron chi connectivity index (χ0n) is 6.96. The lowest BCUT2D eigenvalue weighted by Gasteiger charge is -2.04. The monoisotopic (exact) mass is 163 g/mol. The molecule has 0 heterocycles. The summed E-state index contributed by atoms with van der Waals surface area (Å²) in [6.07, 6.45) is 2.11. The third-order valence-electron chi connectivity index (χ3n) is 2.51. The normalized spacial score (nSPS) is 21.0. The maximum Gasteiger partial charge on any atom is 0.0681 e. The molecule has 0 spiro atoms. The van der Waals surface area contributed by atoms with E-state index in [9.17, 15) is 0 Å². The molecule has 2 rings (SSSR count). The fraction of sp³-hybridized carbons (Fsp3) is 0.400. The van der Waals surface area contributed by atoms with Gasteiger partial charge in [0.15, 0.2) is 0 Å². The molecule has 0 amide bonds. The highest BCUT2D eigenvalue weighted by Crippen LogP contribution is 2.29. The van der Waals surface area contributed by atoms with Crippen molar-refractivity contribution in [1.82, 2.24) is 0 Å². The number of benzene rings is 1. The summed E-state index contributed by atoms with van der Waals surface area (Å²) in [5, 5.41) is 8.90. The van der Waals surface area contributed by atoms with E-state index < -0.39 is 0 Å². The van der Waals surface area contributed by atoms with Gasteiger partial charge in [0.05, 0.1) is 6.61 Å². The Balaban J connectivity index is 2.41. The summed E-state index contributed by atoms with van der Waals surface area (Å²) in [6, 6.07) is 6.26. The van der Waals surface area contributed by atoms with Gasteiger partial charge in [-0.05, 0) is 29.5 Å². The van der Waals surface area contributed by atoms with E-state index in [0.717, 1.165) is 18.4 Å². The summed E-state index contributed by atoms with van der Waals surface area (Å²) in [5.74, 6) is 0. The number of hydrogen-bond acceptors (Lipinski definition) is 2. The van der Waals surface area contributed by atoms with E-state index in [-0.39, 0.29) is 12.6 Å². The van der Waals surface area contributed by atoms with E-state index in [1.807, 2.05) is 12.1 Å². The van der Waals surface area contributed by atoms with Gasteiger partial charge in [0.1, 0.15) is 0 Å². The Morgan fingerprint density at radius 1 is 1.50 bits per heavy atom. The van der Waals surface area contributed by atoms with Crippen LogP contribution >= 0.6 is 0 Å². The SMILES string of the molecule is N[C@@H]1CCc2cc(CO)ccc21. The summed E-state index contributed by atoms with van der Waals surface area (Å²) in [5.41, 5.74) is 9.43. The Bertz CT molecular complexity index is 296. The van der Waals surface area contributed by atoms with Crippen LogP contribution in [0.1, 0.15) is 29.2 Å². The molecule has 2 heteroatoms. The van der Waals surface area contributed by atoms with E-state index in [1.165, 1.54) is 11.1 Å². The predicted molar refractivity (Wildman–Crippen MR) is 47.6 cm³/mol. The quantitative estimate of drug-likeness (QED) is 0.651. The molecule has 2 nitrogen and oxygen atoms in total. The minimum atomic E-state index is 0.127. The second kappa shape index (κ2) is 2.88. The van der Waals surface area contributed by atoms with Crippen molar-refractivity contribution in [3.8, 4) is 0 Å². The summed E-state index contributed by atoms with van der Waals surface area (Å²) in [7, 11) is 0. The summed E-state index contributed by atoms with van der Waals surface area (Å²) >= 11 is 0. The van der Waals surface area contributed by atoms with Crippen molar-refractivity contribution >= 4 is 0 Å². The number of fused-ring (bicyclic) bond motifs is 1. The van der Waals surface area contributed by atoms with Crippen molar-refractivity contribution in [1.29, 1.82) is 0 Å². The summed E-state index contributed by atoms with van der Waals surface area (Å²) in [4.78, 5) is 0. The van der Waals surface area contributed by atoms with Crippen molar-refractivity contribution in [3.05, 3.63) is 34.9 Å². The molecule has 0 aromatic heterocycles. The van der Waals surface area contributed by atoms with Crippen LogP contribution in [0.2, 0.25) is 0 Å². The molecule has 0 saturated heterocycles. The van der Waals surface area contributed by atoms with Crippen LogP contribution in [0.3, 0.4) is 0 Å². The average Bonchev–Trinajstić information content (AvgIpc) is 2.47. The van der Waals surface area contributed by atoms with Crippen LogP contribution in [-0.2, 0) is 13.0 Å². The largest absolute Gasteiger partial charge is 0.392 e. The lowest BCUT2D eigenvalue weighted by Crippen LogP contribution is -2.04. The minimum Gasteiger partial charge on any atom is -0.392 e. The Hall–Kier alpha value is -0.860. The molecule has 12 heavy (non-hydrogen) atoms. The van der Waals surface area contributed by atoms with Crippen molar-refractivity contribution in [2.24, 2.45) is 5.73 Å². The number of aliphatic hydroxyl groups is 1. The van der Waals surface area contributed by atoms with E-state index in [4.69, 9.17) is 10.8 Å². The van der Waals surface area contributed by atoms with Crippen LogP contribution in [-0.4, -0.2) is 5.11 Å². The van der Waals surface area contributed by atoms with Gasteiger partial charge in [-0.1, -0.05) is 18.2 Å². The van der Waals surface area contributed by atoms with Crippen LogP contribution in [0.5, 0.6) is 0 Å². The molecule has 0 saturated carbocycles. The van der Waals surface area contributed by atoms with Crippen LogP contribution in [0.25, 0.3) is 0 Å². The molecule has 64 valence electrons. The predicted octanol–water partition coefficient (Wildman–Crippen LogP) is 1.12. The highest BCUT2D eigenvalue weighted by atomic mass is 16.3. The zero-order chi connectivity index (χ0) is 8.55. The first-order chi connectivity index (χ1) is 5.81. The number of hydrogen-bond donors (Lipinski definition) is 2. The molecule has 1 aliphatic rings. The van der Waals surface area contributed by atoms with E-state index >= 15 is 0 Å². The number of rotatable bonds is 1. The van der Waals surface area contributed by atoms with E-state index in [1.54, 1.807) is 0 Å². The van der Waals surface area contributed by atoms with Crippen molar-refractivity contribution in [2.75, 3.05) is 0 Å². The Morgan fingerprint density at radius 3 is 3.08 bits per heavy atom. The third kappa shape index (κ3) is 1.13. The summed E-state index contributed by atoms with van der Waals surface area (Å²) in [6.45, 7) is 0.127. The number of aryl methyl sites for hydroxylation is 1. The molecular weight excluding hydrogens is 150 g/mol. The standard InChI is InChI=1S/C10H13NO/c11-10-4-2-8-5-7(6-12)1-3-9(8)10/h1,3,5,10,12H,2,4,6,11H2/t10-/m1/s1. The first kappa shape index (κ1) is 7.77. The van der Waals surface area contributed by atoms with Gasteiger partial charge in [-0.2, -0.15) is 0 Å². The summed E-state index contributed by atoms with van der Waals surface area (Å²) < 4.78 is 0. The minimum absolute atomic E-state index is 0.127. The molecule has 1 aliphatic carbocycles. The fourth-order valence-electron chi connectivity index (χ4n) is 1.80. The van der Waals surface area contributed by atoms with Gasteiger partial charge >= 0.3 is 0 Å². The first-order valence-electron chi connectivity index (χ1n) is 4.29.